The van der Waals surface area contributed by atoms with E-state index >= 15 is 0 Å². The van der Waals surface area contributed by atoms with E-state index < -0.39 is 92.7 Å². The Kier molecular flexibility index (Phi) is 34.1. The van der Waals surface area contributed by atoms with E-state index in [1.165, 1.54) is 64.2 Å². The van der Waals surface area contributed by atoms with Gasteiger partial charge in [0.1, 0.15) is 55.4 Å². The molecule has 15 nitrogen and oxygen atoms in total. The lowest BCUT2D eigenvalue weighted by atomic mass is 9.98. The molecule has 15 heteroatoms. The number of esters is 2. The molecule has 0 amide bonds. The summed E-state index contributed by atoms with van der Waals surface area (Å²) in [4.78, 5) is 25.7. The van der Waals surface area contributed by atoms with Crippen LogP contribution in [0.2, 0.25) is 0 Å². The molecule has 2 aliphatic rings. The second-order valence-electron chi connectivity index (χ2n) is 17.6. The average molecular weight is 929 g/mol. The van der Waals surface area contributed by atoms with Gasteiger partial charge in [-0.1, -0.05) is 140 Å². The maximum Gasteiger partial charge on any atom is 0.306 e. The van der Waals surface area contributed by atoms with Gasteiger partial charge in [0.15, 0.2) is 18.7 Å². The van der Waals surface area contributed by atoms with Crippen LogP contribution in [0.5, 0.6) is 0 Å². The number of unbranched alkanes of at least 4 members (excludes halogenated alkanes) is 18. The Bertz CT molecular complexity index is 1280. The monoisotopic (exact) mass is 929 g/mol. The Labute approximate surface area is 389 Å². The highest BCUT2D eigenvalue weighted by Crippen LogP contribution is 2.26. The summed E-state index contributed by atoms with van der Waals surface area (Å²) < 4.78 is 33.5. The van der Waals surface area contributed by atoms with Crippen LogP contribution < -0.4 is 0 Å². The number of aliphatic hydroxyl groups is 7. The van der Waals surface area contributed by atoms with Crippen LogP contribution in [0, 0.1) is 0 Å². The highest BCUT2D eigenvalue weighted by Gasteiger charge is 2.47. The second kappa shape index (κ2) is 37.7. The van der Waals surface area contributed by atoms with Crippen molar-refractivity contribution in [3.8, 4) is 0 Å². The summed E-state index contributed by atoms with van der Waals surface area (Å²) in [5, 5.41) is 72.0. The summed E-state index contributed by atoms with van der Waals surface area (Å²) in [5.74, 6) is -0.943. The molecule has 0 aliphatic carbocycles. The molecule has 11 atom stereocenters. The Morgan fingerprint density at radius 2 is 0.923 bits per heavy atom. The van der Waals surface area contributed by atoms with Crippen molar-refractivity contribution < 1.29 is 73.8 Å². The Morgan fingerprint density at radius 1 is 0.492 bits per heavy atom. The lowest BCUT2D eigenvalue weighted by Crippen LogP contribution is -2.61. The van der Waals surface area contributed by atoms with E-state index in [0.717, 1.165) is 70.6 Å². The largest absolute Gasteiger partial charge is 0.462 e. The zero-order valence-corrected chi connectivity index (χ0v) is 39.7. The molecule has 2 aliphatic heterocycles. The predicted molar refractivity (Wildman–Crippen MR) is 247 cm³/mol. The van der Waals surface area contributed by atoms with Gasteiger partial charge in [-0.25, -0.2) is 0 Å². The first kappa shape index (κ1) is 58.8. The summed E-state index contributed by atoms with van der Waals surface area (Å²) >= 11 is 0. The van der Waals surface area contributed by atoms with E-state index in [9.17, 15) is 45.3 Å². The first-order chi connectivity index (χ1) is 31.5. The van der Waals surface area contributed by atoms with Crippen molar-refractivity contribution in [2.45, 2.75) is 242 Å². The minimum absolute atomic E-state index is 0.149. The number of hydrogen-bond acceptors (Lipinski definition) is 15. The van der Waals surface area contributed by atoms with E-state index in [1.807, 2.05) is 0 Å². The zero-order valence-electron chi connectivity index (χ0n) is 39.7. The summed E-state index contributed by atoms with van der Waals surface area (Å²) in [7, 11) is 0. The van der Waals surface area contributed by atoms with Gasteiger partial charge >= 0.3 is 11.9 Å². The van der Waals surface area contributed by atoms with Gasteiger partial charge in [0.25, 0.3) is 0 Å². The van der Waals surface area contributed by atoms with Gasteiger partial charge < -0.3 is 64.2 Å². The zero-order chi connectivity index (χ0) is 47.5. The molecular weight excluding hydrogens is 841 g/mol. The van der Waals surface area contributed by atoms with Gasteiger partial charge in [-0.15, -0.1) is 0 Å². The van der Waals surface area contributed by atoms with Crippen molar-refractivity contribution in [3.63, 3.8) is 0 Å². The van der Waals surface area contributed by atoms with Crippen molar-refractivity contribution >= 4 is 11.9 Å². The standard InChI is InChI=1S/C50H88O15/c1-3-5-7-9-11-13-15-17-19-21-22-24-26-28-30-32-41(52)60-35-38(63-42(53)33-31-29-27-25-23-20-18-16-14-12-10-8-6-4-2)36-61-49-48(59)46(57)44(55)40(65-49)37-62-50-47(58)45(56)43(54)39(34-51)64-50/h9-12,16,18,38-40,43-51,54-59H,3-8,13-15,17,19-37H2,1-2H3/b11-9+,12-10+,18-16+/t38-,39-,40-,43+,44+,45?,46?,47?,48?,49-,50-/m1/s1. The van der Waals surface area contributed by atoms with Crippen molar-refractivity contribution in [2.24, 2.45) is 0 Å². The van der Waals surface area contributed by atoms with Crippen LogP contribution >= 0.6 is 0 Å². The average Bonchev–Trinajstić information content (AvgIpc) is 3.30. The molecule has 0 aromatic heterocycles. The van der Waals surface area contributed by atoms with Crippen molar-refractivity contribution in [1.29, 1.82) is 0 Å². The van der Waals surface area contributed by atoms with Crippen LogP contribution in [0.25, 0.3) is 0 Å². The number of ether oxygens (including phenoxy) is 6. The first-order valence-corrected chi connectivity index (χ1v) is 25.1. The summed E-state index contributed by atoms with van der Waals surface area (Å²) in [6.07, 6.45) is 21.7. The molecule has 2 saturated heterocycles. The summed E-state index contributed by atoms with van der Waals surface area (Å²) in [6, 6.07) is 0. The molecule has 2 heterocycles. The minimum atomic E-state index is -1.77. The summed E-state index contributed by atoms with van der Waals surface area (Å²) in [5.41, 5.74) is 0. The van der Waals surface area contributed by atoms with E-state index in [-0.39, 0.29) is 26.1 Å². The molecule has 2 rings (SSSR count). The van der Waals surface area contributed by atoms with Gasteiger partial charge in [0.05, 0.1) is 19.8 Å². The third-order valence-electron chi connectivity index (χ3n) is 11.8. The molecule has 2 fully saturated rings. The molecule has 0 aromatic carbocycles. The fraction of sp³-hybridized carbons (Fsp3) is 0.840. The molecule has 7 N–H and O–H groups in total. The molecule has 65 heavy (non-hydrogen) atoms. The lowest BCUT2D eigenvalue weighted by molar-refractivity contribution is -0.332. The van der Waals surface area contributed by atoms with Gasteiger partial charge in [0.2, 0.25) is 0 Å². The quantitative estimate of drug-likeness (QED) is 0.0198. The third kappa shape index (κ3) is 26.2. The molecule has 0 bridgehead atoms. The maximum absolute atomic E-state index is 13.0. The highest BCUT2D eigenvalue weighted by molar-refractivity contribution is 5.70. The number of aliphatic hydroxyl groups excluding tert-OH is 7. The fourth-order valence-corrected chi connectivity index (χ4v) is 7.63. The normalized spacial score (nSPS) is 26.7. The van der Waals surface area contributed by atoms with Crippen molar-refractivity contribution in [1.82, 2.24) is 0 Å². The van der Waals surface area contributed by atoms with E-state index in [2.05, 4.69) is 50.3 Å². The maximum atomic E-state index is 13.0. The van der Waals surface area contributed by atoms with Crippen LogP contribution in [0.4, 0.5) is 0 Å². The predicted octanol–water partition coefficient (Wildman–Crippen LogP) is 6.54. The number of carbonyl (C=O) groups is 2. The minimum Gasteiger partial charge on any atom is -0.462 e. The van der Waals surface area contributed by atoms with Crippen LogP contribution in [-0.2, 0) is 38.0 Å². The van der Waals surface area contributed by atoms with Gasteiger partial charge in [-0.05, 0) is 57.8 Å². The fourth-order valence-electron chi connectivity index (χ4n) is 7.63. The third-order valence-corrected chi connectivity index (χ3v) is 11.8. The van der Waals surface area contributed by atoms with Crippen molar-refractivity contribution in [2.75, 3.05) is 26.4 Å². The van der Waals surface area contributed by atoms with E-state index in [1.54, 1.807) is 0 Å². The van der Waals surface area contributed by atoms with Gasteiger partial charge in [-0.3, -0.25) is 9.59 Å². The first-order valence-electron chi connectivity index (χ1n) is 25.1. The van der Waals surface area contributed by atoms with Crippen LogP contribution in [-0.4, -0.2) is 142 Å². The number of allylic oxidation sites excluding steroid dienone is 6. The van der Waals surface area contributed by atoms with Crippen molar-refractivity contribution in [3.05, 3.63) is 36.5 Å². The number of hydrogen-bond donors (Lipinski definition) is 7. The van der Waals surface area contributed by atoms with Crippen LogP contribution in [0.15, 0.2) is 36.5 Å². The second-order valence-corrected chi connectivity index (χ2v) is 17.6. The van der Waals surface area contributed by atoms with Gasteiger partial charge in [0, 0.05) is 12.8 Å². The molecule has 0 saturated carbocycles. The molecule has 0 radical (unpaired) electrons. The smallest absolute Gasteiger partial charge is 0.306 e. The SMILES string of the molecule is CCCC/C=C/C/C=C/CCCCCCCC(=O)O[C@H](COC(=O)CCCCCCCCCCC/C=C/CCCC)CO[C@@H]1O[C@H](CO[C@@H]2O[C@H](CO)[C@H](O)C(O)C2O)[C@H](O)C(O)C1O. The highest BCUT2D eigenvalue weighted by atomic mass is 16.7. The van der Waals surface area contributed by atoms with Crippen LogP contribution in [0.3, 0.4) is 0 Å². The van der Waals surface area contributed by atoms with Crippen LogP contribution in [0.1, 0.15) is 174 Å². The molecule has 4 unspecified atom stereocenters. The lowest BCUT2D eigenvalue weighted by Gasteiger charge is -2.42. The topological polar surface area (TPSA) is 231 Å². The molecular formula is C50H88O15. The molecule has 378 valence electrons. The molecule has 0 spiro atoms. The van der Waals surface area contributed by atoms with E-state index in [0.29, 0.717) is 12.8 Å². The number of carbonyl (C=O) groups excluding carboxylic acids is 2. The Morgan fingerprint density at radius 3 is 1.45 bits per heavy atom. The van der Waals surface area contributed by atoms with Gasteiger partial charge in [-0.2, -0.15) is 0 Å². The molecule has 0 aromatic rings. The Balaban J connectivity index is 1.83. The Hall–Kier alpha value is -2.28. The number of rotatable bonds is 38. The summed E-state index contributed by atoms with van der Waals surface area (Å²) in [6.45, 7) is 2.50. The van der Waals surface area contributed by atoms with E-state index in [4.69, 9.17) is 28.4 Å².